The molecular weight excluding hydrogens is 233 g/mol. The molecule has 0 fully saturated rings. The van der Waals surface area contributed by atoms with Crippen molar-refractivity contribution in [2.24, 2.45) is 5.92 Å². The summed E-state index contributed by atoms with van der Waals surface area (Å²) < 4.78 is 0. The summed E-state index contributed by atoms with van der Waals surface area (Å²) in [6.07, 6.45) is 1.81. The van der Waals surface area contributed by atoms with Crippen LogP contribution in [-0.2, 0) is 42.3 Å². The zero-order valence-corrected chi connectivity index (χ0v) is 10.2. The van der Waals surface area contributed by atoms with E-state index in [0.29, 0.717) is 0 Å². The number of carboxylic acid groups (broad SMARTS) is 1. The van der Waals surface area contributed by atoms with Gasteiger partial charge in [0.1, 0.15) is 5.78 Å². The minimum Gasteiger partial charge on any atom is -0.503 e. The minimum atomic E-state index is -1.03. The summed E-state index contributed by atoms with van der Waals surface area (Å²) in [6.45, 7) is 3.71. The van der Waals surface area contributed by atoms with Gasteiger partial charge in [-0.05, 0) is 6.42 Å². The molecule has 0 aliphatic rings. The van der Waals surface area contributed by atoms with Gasteiger partial charge < -0.3 is 9.90 Å². The van der Waals surface area contributed by atoms with Crippen molar-refractivity contribution in [3.05, 3.63) is 6.42 Å². The smallest absolute Gasteiger partial charge is 0.164 e. The molecule has 0 aromatic carbocycles. The molecule has 1 unspecified atom stereocenters. The van der Waals surface area contributed by atoms with Crippen molar-refractivity contribution in [2.45, 2.75) is 26.7 Å². The number of carboxylic acids is 1. The SMILES string of the molecule is CCC(C)C(=O)C[CH-]C(=O)O.[Y]. The first-order chi connectivity index (χ1) is 5.07. The molecule has 0 heterocycles. The average Bonchev–Trinajstić information content (AvgIpc) is 1.98. The summed E-state index contributed by atoms with van der Waals surface area (Å²) in [5.74, 6) is -1.05. The van der Waals surface area contributed by atoms with Crippen molar-refractivity contribution < 1.29 is 47.4 Å². The van der Waals surface area contributed by atoms with Gasteiger partial charge in [0.15, 0.2) is 5.97 Å². The van der Waals surface area contributed by atoms with Crippen LogP contribution in [0, 0.1) is 12.3 Å². The molecule has 12 heavy (non-hydrogen) atoms. The normalized spacial score (nSPS) is 11.2. The number of ketones is 1. The Hall–Kier alpha value is 0.114. The van der Waals surface area contributed by atoms with Crippen molar-refractivity contribution >= 4 is 11.8 Å². The summed E-state index contributed by atoms with van der Waals surface area (Å²) >= 11 is 0. The monoisotopic (exact) mass is 246 g/mol. The van der Waals surface area contributed by atoms with Gasteiger partial charge in [-0.15, -0.1) is 0 Å². The van der Waals surface area contributed by atoms with Gasteiger partial charge in [-0.1, -0.05) is 20.3 Å². The number of carbonyl (C=O) groups is 2. The second kappa shape index (κ2) is 7.75. The van der Waals surface area contributed by atoms with Gasteiger partial charge in [-0.25, -0.2) is 0 Å². The van der Waals surface area contributed by atoms with E-state index >= 15 is 0 Å². The molecule has 0 saturated heterocycles. The summed E-state index contributed by atoms with van der Waals surface area (Å²) in [5.41, 5.74) is 0. The Labute approximate surface area is 97.8 Å². The van der Waals surface area contributed by atoms with Crippen LogP contribution in [0.4, 0.5) is 0 Å². The molecule has 67 valence electrons. The average molecular weight is 246 g/mol. The zero-order valence-electron chi connectivity index (χ0n) is 7.41. The molecule has 0 bridgehead atoms. The molecule has 0 saturated carbocycles. The summed E-state index contributed by atoms with van der Waals surface area (Å²) in [7, 11) is 0. The van der Waals surface area contributed by atoms with Crippen LogP contribution in [0.1, 0.15) is 26.7 Å². The van der Waals surface area contributed by atoms with E-state index in [9.17, 15) is 9.59 Å². The maximum atomic E-state index is 11.0. The van der Waals surface area contributed by atoms with Crippen molar-refractivity contribution in [2.75, 3.05) is 0 Å². The Morgan fingerprint density at radius 3 is 2.33 bits per heavy atom. The van der Waals surface area contributed by atoms with E-state index in [0.717, 1.165) is 12.8 Å². The fraction of sp³-hybridized carbons (Fsp3) is 0.625. The van der Waals surface area contributed by atoms with Crippen LogP contribution >= 0.6 is 0 Å². The van der Waals surface area contributed by atoms with Gasteiger partial charge in [0, 0.05) is 38.6 Å². The van der Waals surface area contributed by atoms with E-state index in [-0.39, 0.29) is 50.8 Å². The van der Waals surface area contributed by atoms with E-state index in [1.54, 1.807) is 6.92 Å². The topological polar surface area (TPSA) is 54.4 Å². The maximum absolute atomic E-state index is 11.0. The maximum Gasteiger partial charge on any atom is 0.164 e. The Balaban J connectivity index is 0. The van der Waals surface area contributed by atoms with Crippen molar-refractivity contribution in [3.63, 3.8) is 0 Å². The number of hydrogen-bond acceptors (Lipinski definition) is 2. The minimum absolute atomic E-state index is 0. The Bertz CT molecular complexity index is 156. The van der Waals surface area contributed by atoms with E-state index in [2.05, 4.69) is 0 Å². The number of Topliss-reactive ketones (excluding diaryl/α,β-unsaturated/α-hetero) is 1. The molecule has 0 amide bonds. The van der Waals surface area contributed by atoms with Gasteiger partial charge in [0.2, 0.25) is 0 Å². The number of rotatable bonds is 5. The predicted octanol–water partition coefficient (Wildman–Crippen LogP) is 1.28. The predicted molar refractivity (Wildman–Crippen MR) is 41.0 cm³/mol. The molecule has 0 spiro atoms. The first kappa shape index (κ1) is 14.6. The van der Waals surface area contributed by atoms with Crippen LogP contribution in [0.15, 0.2) is 0 Å². The first-order valence-electron chi connectivity index (χ1n) is 3.66. The summed E-state index contributed by atoms with van der Waals surface area (Å²) in [4.78, 5) is 21.0. The van der Waals surface area contributed by atoms with Crippen LogP contribution in [-0.4, -0.2) is 16.9 Å². The molecule has 1 N–H and O–H groups in total. The van der Waals surface area contributed by atoms with Crippen molar-refractivity contribution in [1.82, 2.24) is 0 Å². The van der Waals surface area contributed by atoms with Gasteiger partial charge in [0.25, 0.3) is 0 Å². The Morgan fingerprint density at radius 2 is 2.00 bits per heavy atom. The second-order valence-corrected chi connectivity index (χ2v) is 2.52. The van der Waals surface area contributed by atoms with Crippen LogP contribution in [0.5, 0.6) is 0 Å². The van der Waals surface area contributed by atoms with Crippen molar-refractivity contribution in [3.8, 4) is 0 Å². The summed E-state index contributed by atoms with van der Waals surface area (Å²) in [6, 6.07) is 0. The van der Waals surface area contributed by atoms with Gasteiger partial charge >= 0.3 is 0 Å². The molecule has 0 aliphatic carbocycles. The standard InChI is InChI=1S/C8H13O3.Y/c1-3-6(2)7(9)4-5-8(10)11;/h5-6H,3-4H2,1-2H3,(H,10,11);/q-1;. The van der Waals surface area contributed by atoms with Crippen LogP contribution < -0.4 is 0 Å². The number of carbonyl (C=O) groups excluding carboxylic acids is 1. The molecule has 1 atom stereocenters. The van der Waals surface area contributed by atoms with Crippen LogP contribution in [0.3, 0.4) is 0 Å². The molecule has 0 aromatic heterocycles. The first-order valence-corrected chi connectivity index (χ1v) is 3.66. The van der Waals surface area contributed by atoms with Gasteiger partial charge in [-0.2, -0.15) is 0 Å². The third-order valence-electron chi connectivity index (χ3n) is 1.64. The third-order valence-corrected chi connectivity index (χ3v) is 1.64. The molecule has 4 heteroatoms. The Morgan fingerprint density at radius 1 is 1.50 bits per heavy atom. The summed E-state index contributed by atoms with van der Waals surface area (Å²) in [5, 5.41) is 8.21. The van der Waals surface area contributed by atoms with Crippen molar-refractivity contribution in [1.29, 1.82) is 0 Å². The number of aliphatic carboxylic acids is 1. The largest absolute Gasteiger partial charge is 0.503 e. The van der Waals surface area contributed by atoms with Crippen LogP contribution in [0.2, 0.25) is 0 Å². The molecule has 1 radical (unpaired) electrons. The fourth-order valence-corrected chi connectivity index (χ4v) is 0.617. The quantitative estimate of drug-likeness (QED) is 0.743. The second-order valence-electron chi connectivity index (χ2n) is 2.52. The number of hydrogen-bond donors (Lipinski definition) is 1. The molecular formula is C8H13O3Y-. The molecule has 0 rings (SSSR count). The zero-order chi connectivity index (χ0) is 8.85. The van der Waals surface area contributed by atoms with E-state index in [1.807, 2.05) is 6.92 Å². The fourth-order valence-electron chi connectivity index (χ4n) is 0.617. The van der Waals surface area contributed by atoms with Crippen LogP contribution in [0.25, 0.3) is 0 Å². The van der Waals surface area contributed by atoms with Gasteiger partial charge in [-0.3, -0.25) is 11.2 Å². The van der Waals surface area contributed by atoms with E-state index < -0.39 is 5.97 Å². The molecule has 0 aromatic rings. The van der Waals surface area contributed by atoms with Gasteiger partial charge in [0.05, 0.1) is 0 Å². The van der Waals surface area contributed by atoms with E-state index in [1.165, 1.54) is 0 Å². The Kier molecular flexibility index (Phi) is 9.44. The molecule has 3 nitrogen and oxygen atoms in total. The van der Waals surface area contributed by atoms with E-state index in [4.69, 9.17) is 5.11 Å². The molecule has 0 aliphatic heterocycles. The third kappa shape index (κ3) is 6.80.